The highest BCUT2D eigenvalue weighted by atomic mass is 79.9. The predicted molar refractivity (Wildman–Crippen MR) is 73.4 cm³/mol. The van der Waals surface area contributed by atoms with Crippen LogP contribution in [-0.2, 0) is 10.0 Å². The van der Waals surface area contributed by atoms with Crippen LogP contribution in [0.5, 0.6) is 0 Å². The van der Waals surface area contributed by atoms with E-state index in [2.05, 4.69) is 25.8 Å². The Kier molecular flexibility index (Phi) is 4.99. The molecule has 1 aromatic heterocycles. The van der Waals surface area contributed by atoms with Gasteiger partial charge >= 0.3 is 6.55 Å². The number of sulfonamides is 1. The summed E-state index contributed by atoms with van der Waals surface area (Å²) in [5.41, 5.74) is 0. The van der Waals surface area contributed by atoms with Gasteiger partial charge in [-0.1, -0.05) is 6.42 Å². The van der Waals surface area contributed by atoms with E-state index in [0.29, 0.717) is 25.7 Å². The first-order chi connectivity index (χ1) is 9.72. The summed E-state index contributed by atoms with van der Waals surface area (Å²) in [6.07, 6.45) is 4.08. The fraction of sp³-hybridized carbons (Fsp3) is 0.727. The summed E-state index contributed by atoms with van der Waals surface area (Å²) in [6.45, 7) is -2.70. The third-order valence-corrected chi connectivity index (χ3v) is 5.70. The number of unbranched alkanes of at least 4 members (excludes halogenated alkanes) is 1. The molecule has 0 saturated heterocycles. The lowest BCUT2D eigenvalue weighted by Crippen LogP contribution is -2.24. The second kappa shape index (κ2) is 6.25. The van der Waals surface area contributed by atoms with Crippen molar-refractivity contribution in [3.8, 4) is 0 Å². The summed E-state index contributed by atoms with van der Waals surface area (Å²) in [4.78, 5) is -0.298. The van der Waals surface area contributed by atoms with E-state index in [0.717, 1.165) is 12.4 Å². The largest absolute Gasteiger partial charge is 0.333 e. The second-order valence-corrected chi connectivity index (χ2v) is 8.07. The molecule has 5 nitrogen and oxygen atoms in total. The fourth-order valence-electron chi connectivity index (χ4n) is 1.95. The molecule has 1 aliphatic rings. The number of nitrogens with zero attached hydrogens (tertiary/aromatic N) is 2. The Morgan fingerprint density at radius 3 is 2.71 bits per heavy atom. The van der Waals surface area contributed by atoms with Crippen LogP contribution in [0.25, 0.3) is 0 Å². The minimum atomic E-state index is -3.83. The molecule has 1 N–H and O–H groups in total. The molecule has 1 saturated carbocycles. The maximum Gasteiger partial charge on any atom is 0.333 e. The Morgan fingerprint density at radius 1 is 1.52 bits per heavy atom. The number of nitrogens with one attached hydrogen (secondary N) is 1. The van der Waals surface area contributed by atoms with Crippen molar-refractivity contribution in [2.75, 3.05) is 6.54 Å². The highest BCUT2D eigenvalue weighted by Crippen LogP contribution is 2.54. The molecule has 0 spiro atoms. The van der Waals surface area contributed by atoms with Gasteiger partial charge in [0, 0.05) is 12.5 Å². The molecule has 1 aromatic rings. The van der Waals surface area contributed by atoms with Gasteiger partial charge in [-0.2, -0.15) is 13.9 Å². The van der Waals surface area contributed by atoms with Crippen LogP contribution in [-0.4, -0.2) is 29.3 Å². The van der Waals surface area contributed by atoms with Gasteiger partial charge in [-0.3, -0.25) is 0 Å². The Bertz CT molecular complexity index is 591. The normalized spacial score (nSPS) is 25.5. The molecule has 1 aliphatic carbocycles. The number of aromatic nitrogens is 2. The highest BCUT2D eigenvalue weighted by Gasteiger charge is 2.52. The van der Waals surface area contributed by atoms with E-state index < -0.39 is 21.2 Å². The van der Waals surface area contributed by atoms with E-state index in [9.17, 15) is 21.6 Å². The lowest BCUT2D eigenvalue weighted by atomic mass is 10.2. The SMILES string of the molecule is O=S(=O)(NCCCCC1CC1(F)Br)c1cnn(C(F)F)c1. The zero-order valence-electron chi connectivity index (χ0n) is 11.0. The van der Waals surface area contributed by atoms with Crippen LogP contribution in [0.15, 0.2) is 17.3 Å². The topological polar surface area (TPSA) is 64.0 Å². The number of alkyl halides is 4. The standard InChI is InChI=1S/C11H15BrF3N3O2S/c12-11(15)5-8(11)3-1-2-4-17-21(19,20)9-6-16-18(7-9)10(13)14/h6-8,10,17H,1-5H2. The van der Waals surface area contributed by atoms with Gasteiger partial charge in [0.05, 0.1) is 12.4 Å². The zero-order valence-corrected chi connectivity index (χ0v) is 13.4. The van der Waals surface area contributed by atoms with Crippen molar-refractivity contribution in [3.63, 3.8) is 0 Å². The van der Waals surface area contributed by atoms with Crippen molar-refractivity contribution in [2.45, 2.75) is 41.7 Å². The van der Waals surface area contributed by atoms with Gasteiger partial charge in [0.25, 0.3) is 0 Å². The monoisotopic (exact) mass is 389 g/mol. The fourth-order valence-corrected chi connectivity index (χ4v) is 3.59. The first-order valence-corrected chi connectivity index (χ1v) is 8.70. The summed E-state index contributed by atoms with van der Waals surface area (Å²) >= 11 is 2.95. The van der Waals surface area contributed by atoms with Crippen LogP contribution in [0, 0.1) is 5.92 Å². The lowest BCUT2D eigenvalue weighted by Gasteiger charge is -2.04. The van der Waals surface area contributed by atoms with Gasteiger partial charge in [-0.05, 0) is 35.2 Å². The molecular formula is C11H15BrF3N3O2S. The Labute approximate surface area is 129 Å². The van der Waals surface area contributed by atoms with Crippen molar-refractivity contribution in [3.05, 3.63) is 12.4 Å². The molecule has 2 rings (SSSR count). The van der Waals surface area contributed by atoms with Crippen LogP contribution in [0.2, 0.25) is 0 Å². The average Bonchev–Trinajstić information content (AvgIpc) is 2.81. The molecular weight excluding hydrogens is 375 g/mol. The van der Waals surface area contributed by atoms with E-state index >= 15 is 0 Å². The first-order valence-electron chi connectivity index (χ1n) is 6.42. The molecule has 1 fully saturated rings. The summed E-state index contributed by atoms with van der Waals surface area (Å²) in [5.74, 6) is -0.00150. The first kappa shape index (κ1) is 16.8. The summed E-state index contributed by atoms with van der Waals surface area (Å²) in [7, 11) is -3.83. The molecule has 2 unspecified atom stereocenters. The minimum Gasteiger partial charge on any atom is -0.231 e. The Morgan fingerprint density at radius 2 is 2.19 bits per heavy atom. The summed E-state index contributed by atoms with van der Waals surface area (Å²) in [6, 6.07) is 0. The van der Waals surface area contributed by atoms with E-state index in [4.69, 9.17) is 0 Å². The minimum absolute atomic E-state index is 0.00150. The van der Waals surface area contributed by atoms with E-state index in [1.54, 1.807) is 0 Å². The Hall–Kier alpha value is -0.610. The quantitative estimate of drug-likeness (QED) is 0.549. The highest BCUT2D eigenvalue weighted by molar-refractivity contribution is 9.10. The predicted octanol–water partition coefficient (Wildman–Crippen LogP) is 2.81. The molecule has 0 aromatic carbocycles. The molecule has 21 heavy (non-hydrogen) atoms. The van der Waals surface area contributed by atoms with Crippen LogP contribution >= 0.6 is 15.9 Å². The molecule has 2 atom stereocenters. The van der Waals surface area contributed by atoms with Gasteiger partial charge in [0.15, 0.2) is 4.58 Å². The van der Waals surface area contributed by atoms with Gasteiger partial charge in [-0.25, -0.2) is 22.2 Å². The van der Waals surface area contributed by atoms with Gasteiger partial charge in [0.2, 0.25) is 10.0 Å². The van der Waals surface area contributed by atoms with Crippen LogP contribution in [0.1, 0.15) is 32.2 Å². The third kappa shape index (κ3) is 4.43. The van der Waals surface area contributed by atoms with E-state index in [1.165, 1.54) is 0 Å². The van der Waals surface area contributed by atoms with E-state index in [-0.39, 0.29) is 22.0 Å². The number of rotatable bonds is 8. The summed E-state index contributed by atoms with van der Waals surface area (Å²) in [5, 5.41) is 3.27. The van der Waals surface area contributed by atoms with Gasteiger partial charge in [0.1, 0.15) is 4.90 Å². The Balaban J connectivity index is 1.73. The third-order valence-electron chi connectivity index (χ3n) is 3.32. The van der Waals surface area contributed by atoms with Crippen molar-refractivity contribution >= 4 is 26.0 Å². The van der Waals surface area contributed by atoms with E-state index in [1.807, 2.05) is 0 Å². The van der Waals surface area contributed by atoms with Gasteiger partial charge in [-0.15, -0.1) is 0 Å². The average molecular weight is 390 g/mol. The van der Waals surface area contributed by atoms with Crippen molar-refractivity contribution in [1.82, 2.24) is 14.5 Å². The number of hydrogen-bond acceptors (Lipinski definition) is 3. The molecule has 0 radical (unpaired) electrons. The maximum absolute atomic E-state index is 13.2. The van der Waals surface area contributed by atoms with Crippen molar-refractivity contribution in [1.29, 1.82) is 0 Å². The smallest absolute Gasteiger partial charge is 0.231 e. The summed E-state index contributed by atoms with van der Waals surface area (Å²) < 4.78 is 62.8. The zero-order chi connectivity index (χ0) is 15.7. The van der Waals surface area contributed by atoms with Crippen LogP contribution < -0.4 is 4.72 Å². The molecule has 0 aliphatic heterocycles. The second-order valence-electron chi connectivity index (χ2n) is 4.99. The molecule has 10 heteroatoms. The number of hydrogen-bond donors (Lipinski definition) is 1. The lowest BCUT2D eigenvalue weighted by molar-refractivity contribution is 0.0564. The van der Waals surface area contributed by atoms with Crippen LogP contribution in [0.3, 0.4) is 0 Å². The maximum atomic E-state index is 13.2. The van der Waals surface area contributed by atoms with Gasteiger partial charge < -0.3 is 0 Å². The van der Waals surface area contributed by atoms with Crippen molar-refractivity contribution in [2.24, 2.45) is 5.92 Å². The molecule has 1 heterocycles. The molecule has 0 bridgehead atoms. The number of halogens is 4. The van der Waals surface area contributed by atoms with Crippen molar-refractivity contribution < 1.29 is 21.6 Å². The molecule has 0 amide bonds. The van der Waals surface area contributed by atoms with Crippen LogP contribution in [0.4, 0.5) is 13.2 Å². The molecule has 120 valence electrons.